The van der Waals surface area contributed by atoms with Crippen LogP contribution in [0.5, 0.6) is 0 Å². The van der Waals surface area contributed by atoms with Gasteiger partial charge in [0.05, 0.1) is 6.04 Å². The summed E-state index contributed by atoms with van der Waals surface area (Å²) < 4.78 is 0. The maximum Gasteiger partial charge on any atom is 0.326 e. The van der Waals surface area contributed by atoms with Crippen molar-refractivity contribution in [3.63, 3.8) is 0 Å². The largest absolute Gasteiger partial charge is 0.480 e. The van der Waals surface area contributed by atoms with Crippen molar-refractivity contribution < 1.29 is 14.7 Å². The van der Waals surface area contributed by atoms with Crippen molar-refractivity contribution in [3.05, 3.63) is 48.0 Å². The topological polar surface area (TPSA) is 83.6 Å². The van der Waals surface area contributed by atoms with E-state index in [9.17, 15) is 9.59 Å². The Bertz CT molecular complexity index is 723. The predicted molar refractivity (Wildman–Crippen MR) is 83.4 cm³/mol. The van der Waals surface area contributed by atoms with Crippen LogP contribution in [0.1, 0.15) is 12.0 Å². The molecule has 1 aliphatic heterocycles. The summed E-state index contributed by atoms with van der Waals surface area (Å²) in [6.45, 7) is 0.471. The quantitative estimate of drug-likeness (QED) is 0.893. The highest BCUT2D eigenvalue weighted by atomic mass is 16.4. The first kappa shape index (κ1) is 14.5. The number of carbonyl (C=O) groups is 2. The van der Waals surface area contributed by atoms with Crippen LogP contribution in [0, 0.1) is 0 Å². The Balaban J connectivity index is 1.77. The molecule has 0 aliphatic carbocycles. The lowest BCUT2D eigenvalue weighted by Gasteiger charge is -2.39. The molecular formula is C17H18N2O3. The summed E-state index contributed by atoms with van der Waals surface area (Å²) in [5, 5.41) is 11.2. The number of rotatable bonds is 4. The lowest BCUT2D eigenvalue weighted by atomic mass is 9.96. The van der Waals surface area contributed by atoms with Crippen molar-refractivity contribution in [3.8, 4) is 0 Å². The number of fused-ring (bicyclic) bond motifs is 1. The maximum atomic E-state index is 12.3. The minimum absolute atomic E-state index is 0.286. The zero-order valence-corrected chi connectivity index (χ0v) is 12.1. The highest BCUT2D eigenvalue weighted by molar-refractivity contribution is 5.90. The van der Waals surface area contributed by atoms with Crippen LogP contribution < -0.4 is 5.73 Å². The van der Waals surface area contributed by atoms with Gasteiger partial charge in [0.2, 0.25) is 5.91 Å². The molecule has 0 aromatic heterocycles. The maximum absolute atomic E-state index is 12.3. The summed E-state index contributed by atoms with van der Waals surface area (Å²) in [4.78, 5) is 24.7. The molecule has 1 fully saturated rings. The highest BCUT2D eigenvalue weighted by Crippen LogP contribution is 2.22. The number of hydrogen-bond acceptors (Lipinski definition) is 3. The number of hydrogen-bond donors (Lipinski definition) is 2. The van der Waals surface area contributed by atoms with Gasteiger partial charge in [-0.1, -0.05) is 42.5 Å². The fourth-order valence-corrected chi connectivity index (χ4v) is 2.92. The second kappa shape index (κ2) is 5.77. The normalized spacial score (nSPS) is 18.8. The summed E-state index contributed by atoms with van der Waals surface area (Å²) in [5.41, 5.74) is 7.03. The minimum Gasteiger partial charge on any atom is -0.480 e. The Morgan fingerprint density at radius 3 is 2.64 bits per heavy atom. The van der Waals surface area contributed by atoms with Crippen molar-refractivity contribution in [2.24, 2.45) is 5.73 Å². The monoisotopic (exact) mass is 298 g/mol. The number of carboxylic acids is 1. The van der Waals surface area contributed by atoms with E-state index >= 15 is 0 Å². The molecule has 1 saturated heterocycles. The van der Waals surface area contributed by atoms with Gasteiger partial charge in [-0.05, 0) is 29.2 Å². The van der Waals surface area contributed by atoms with Crippen LogP contribution >= 0.6 is 0 Å². The number of carboxylic acid groups (broad SMARTS) is 1. The molecule has 0 radical (unpaired) electrons. The third kappa shape index (κ3) is 2.55. The van der Waals surface area contributed by atoms with Crippen molar-refractivity contribution in [2.45, 2.75) is 24.9 Å². The molecule has 1 heterocycles. The minimum atomic E-state index is -0.961. The predicted octanol–water partition coefficient (Wildman–Crippen LogP) is 1.40. The molecule has 3 rings (SSSR count). The Morgan fingerprint density at radius 2 is 1.95 bits per heavy atom. The molecule has 0 spiro atoms. The highest BCUT2D eigenvalue weighted by Gasteiger charge is 2.39. The number of benzene rings is 2. The summed E-state index contributed by atoms with van der Waals surface area (Å²) in [6, 6.07) is 12.4. The van der Waals surface area contributed by atoms with Gasteiger partial charge in [-0.15, -0.1) is 0 Å². The molecule has 0 bridgehead atoms. The van der Waals surface area contributed by atoms with Crippen LogP contribution in [0.4, 0.5) is 0 Å². The molecule has 0 saturated carbocycles. The molecule has 5 heteroatoms. The molecule has 114 valence electrons. The van der Waals surface area contributed by atoms with E-state index in [4.69, 9.17) is 10.8 Å². The first-order valence-corrected chi connectivity index (χ1v) is 7.33. The Kier molecular flexibility index (Phi) is 3.81. The van der Waals surface area contributed by atoms with Crippen molar-refractivity contribution >= 4 is 22.6 Å². The van der Waals surface area contributed by atoms with Crippen LogP contribution in [0.2, 0.25) is 0 Å². The number of likely N-dealkylation sites (tertiary alicyclic amines) is 1. The van der Waals surface area contributed by atoms with Gasteiger partial charge in [-0.3, -0.25) is 4.79 Å². The summed E-state index contributed by atoms with van der Waals surface area (Å²) in [6.07, 6.45) is 0.908. The zero-order chi connectivity index (χ0) is 15.7. The smallest absolute Gasteiger partial charge is 0.326 e. The van der Waals surface area contributed by atoms with E-state index in [1.165, 1.54) is 4.90 Å². The van der Waals surface area contributed by atoms with E-state index < -0.39 is 18.1 Å². The van der Waals surface area contributed by atoms with Gasteiger partial charge < -0.3 is 15.7 Å². The van der Waals surface area contributed by atoms with Crippen LogP contribution in [-0.4, -0.2) is 40.5 Å². The molecule has 1 amide bonds. The number of nitrogens with two attached hydrogens (primary N) is 1. The molecule has 2 aromatic carbocycles. The third-order valence-electron chi connectivity index (χ3n) is 4.22. The van der Waals surface area contributed by atoms with Gasteiger partial charge in [0, 0.05) is 6.54 Å². The van der Waals surface area contributed by atoms with Crippen LogP contribution in [0.15, 0.2) is 42.5 Å². The summed E-state index contributed by atoms with van der Waals surface area (Å²) >= 11 is 0. The molecule has 5 nitrogen and oxygen atoms in total. The van der Waals surface area contributed by atoms with Gasteiger partial charge in [0.1, 0.15) is 6.04 Å². The van der Waals surface area contributed by atoms with Gasteiger partial charge in [-0.2, -0.15) is 0 Å². The van der Waals surface area contributed by atoms with Gasteiger partial charge in [-0.25, -0.2) is 4.79 Å². The van der Waals surface area contributed by atoms with Crippen molar-refractivity contribution in [1.29, 1.82) is 0 Å². The van der Waals surface area contributed by atoms with E-state index in [2.05, 4.69) is 0 Å². The van der Waals surface area contributed by atoms with Crippen molar-refractivity contribution in [2.75, 3.05) is 6.54 Å². The first-order chi connectivity index (χ1) is 10.6. The van der Waals surface area contributed by atoms with E-state index in [1.807, 2.05) is 42.5 Å². The lowest BCUT2D eigenvalue weighted by molar-refractivity contribution is -0.157. The lowest BCUT2D eigenvalue weighted by Crippen LogP contribution is -2.59. The molecule has 1 aliphatic rings. The Morgan fingerprint density at radius 1 is 1.23 bits per heavy atom. The van der Waals surface area contributed by atoms with Gasteiger partial charge in [0.25, 0.3) is 0 Å². The van der Waals surface area contributed by atoms with Gasteiger partial charge in [0.15, 0.2) is 0 Å². The molecule has 2 aromatic rings. The first-order valence-electron chi connectivity index (χ1n) is 7.33. The van der Waals surface area contributed by atoms with E-state index in [0.29, 0.717) is 19.4 Å². The average molecular weight is 298 g/mol. The molecule has 2 atom stereocenters. The van der Waals surface area contributed by atoms with Crippen molar-refractivity contribution in [1.82, 2.24) is 4.90 Å². The number of nitrogens with zero attached hydrogens (tertiary/aromatic N) is 1. The zero-order valence-electron chi connectivity index (χ0n) is 12.1. The van der Waals surface area contributed by atoms with E-state index in [-0.39, 0.29) is 5.91 Å². The second-order valence-electron chi connectivity index (χ2n) is 5.62. The summed E-state index contributed by atoms with van der Waals surface area (Å²) in [5.74, 6) is -1.25. The molecule has 3 N–H and O–H groups in total. The van der Waals surface area contributed by atoms with E-state index in [0.717, 1.165) is 16.3 Å². The standard InChI is InChI=1S/C17H18N2O3/c18-14(16(20)19-9-8-15(19)17(21)22)10-12-6-3-5-11-4-1-2-7-13(11)12/h1-7,14-15H,8-10,18H2,(H,21,22)/t14-,15+/m1/s1. The second-order valence-corrected chi connectivity index (χ2v) is 5.62. The summed E-state index contributed by atoms with van der Waals surface area (Å²) in [7, 11) is 0. The Hall–Kier alpha value is -2.40. The number of aliphatic carboxylic acids is 1. The van der Waals surface area contributed by atoms with E-state index in [1.54, 1.807) is 0 Å². The fraction of sp³-hybridized carbons (Fsp3) is 0.294. The SMILES string of the molecule is N[C@H](Cc1cccc2ccccc12)C(=O)N1CC[C@H]1C(=O)O. The number of carbonyl (C=O) groups excluding carboxylic acids is 1. The van der Waals surface area contributed by atoms with Crippen LogP contribution in [0.3, 0.4) is 0 Å². The number of amides is 1. The third-order valence-corrected chi connectivity index (χ3v) is 4.22. The van der Waals surface area contributed by atoms with Crippen LogP contribution in [0.25, 0.3) is 10.8 Å². The van der Waals surface area contributed by atoms with Crippen LogP contribution in [-0.2, 0) is 16.0 Å². The fourth-order valence-electron chi connectivity index (χ4n) is 2.92. The average Bonchev–Trinajstić information content (AvgIpc) is 2.45. The molecule has 22 heavy (non-hydrogen) atoms. The Labute approximate surface area is 128 Å². The molecule has 0 unspecified atom stereocenters. The van der Waals surface area contributed by atoms with Gasteiger partial charge >= 0.3 is 5.97 Å². The molecular weight excluding hydrogens is 280 g/mol.